The van der Waals surface area contributed by atoms with Gasteiger partial charge < -0.3 is 19.7 Å². The molecule has 1 aromatic rings. The van der Waals surface area contributed by atoms with E-state index in [2.05, 4.69) is 10.3 Å². The maximum atomic E-state index is 12.9. The third kappa shape index (κ3) is 6.42. The second-order valence-electron chi connectivity index (χ2n) is 7.01. The minimum absolute atomic E-state index is 0.368. The third-order valence-corrected chi connectivity index (χ3v) is 5.22. The summed E-state index contributed by atoms with van der Waals surface area (Å²) in [6.07, 6.45) is -2.44. The Labute approximate surface area is 170 Å². The number of halogens is 3. The zero-order valence-corrected chi connectivity index (χ0v) is 17.6. The Morgan fingerprint density at radius 1 is 1.14 bits per heavy atom. The minimum atomic E-state index is -4.19. The molecule has 1 aromatic carbocycles. The lowest BCUT2D eigenvalue weighted by molar-refractivity contribution is -0.181. The van der Waals surface area contributed by atoms with Crippen LogP contribution in [-0.4, -0.2) is 82.0 Å². The van der Waals surface area contributed by atoms with Crippen molar-refractivity contribution < 1.29 is 22.6 Å². The molecule has 0 amide bonds. The number of hydrogen-bond donors (Lipinski definition) is 1. The fraction of sp³-hybridized carbons (Fsp3) is 0.650. The van der Waals surface area contributed by atoms with E-state index in [9.17, 15) is 13.2 Å². The Morgan fingerprint density at radius 3 is 2.34 bits per heavy atom. The lowest BCUT2D eigenvalue weighted by atomic mass is 10.1. The number of alkyl halides is 3. The van der Waals surface area contributed by atoms with E-state index in [1.165, 1.54) is 11.8 Å². The highest BCUT2D eigenvalue weighted by Crippen LogP contribution is 2.28. The van der Waals surface area contributed by atoms with Gasteiger partial charge in [0.15, 0.2) is 17.5 Å². The number of piperazine rings is 1. The molecule has 29 heavy (non-hydrogen) atoms. The van der Waals surface area contributed by atoms with E-state index in [-0.39, 0.29) is 0 Å². The van der Waals surface area contributed by atoms with E-state index in [1.54, 1.807) is 21.3 Å². The number of benzene rings is 1. The molecule has 9 heteroatoms. The van der Waals surface area contributed by atoms with Crippen LogP contribution in [0.5, 0.6) is 11.5 Å². The van der Waals surface area contributed by atoms with Crippen LogP contribution in [0, 0.1) is 0 Å². The van der Waals surface area contributed by atoms with Crippen molar-refractivity contribution in [3.63, 3.8) is 0 Å². The molecule has 1 heterocycles. The van der Waals surface area contributed by atoms with Gasteiger partial charge in [0.2, 0.25) is 0 Å². The first-order valence-corrected chi connectivity index (χ1v) is 9.77. The number of aryl methyl sites for hydroxylation is 1. The first-order chi connectivity index (χ1) is 13.8. The molecule has 1 unspecified atom stereocenters. The molecule has 0 radical (unpaired) electrons. The number of aliphatic imine (C=N–C) groups is 1. The third-order valence-electron chi connectivity index (χ3n) is 5.22. The molecular formula is C20H31F3N4O2. The van der Waals surface area contributed by atoms with Gasteiger partial charge >= 0.3 is 6.18 Å². The van der Waals surface area contributed by atoms with Crippen LogP contribution >= 0.6 is 0 Å². The van der Waals surface area contributed by atoms with Crippen molar-refractivity contribution in [3.8, 4) is 11.5 Å². The number of guanidine groups is 1. The number of nitrogens with zero attached hydrogens (tertiary/aromatic N) is 3. The van der Waals surface area contributed by atoms with Crippen molar-refractivity contribution in [1.82, 2.24) is 15.1 Å². The van der Waals surface area contributed by atoms with Gasteiger partial charge in [0.05, 0.1) is 14.2 Å². The van der Waals surface area contributed by atoms with Crippen LogP contribution in [0.2, 0.25) is 0 Å². The molecule has 1 aliphatic rings. The van der Waals surface area contributed by atoms with Crippen LogP contribution in [0.1, 0.15) is 18.9 Å². The second kappa shape index (κ2) is 10.6. The topological polar surface area (TPSA) is 49.3 Å². The smallest absolute Gasteiger partial charge is 0.403 e. The summed E-state index contributed by atoms with van der Waals surface area (Å²) in [5.74, 6) is 2.14. The molecular weight excluding hydrogens is 385 g/mol. The zero-order valence-electron chi connectivity index (χ0n) is 17.6. The molecule has 0 spiro atoms. The summed E-state index contributed by atoms with van der Waals surface area (Å²) in [6.45, 7) is 3.72. The van der Waals surface area contributed by atoms with Crippen LogP contribution in [0.4, 0.5) is 13.2 Å². The number of methoxy groups -OCH3 is 2. The number of hydrogen-bond acceptors (Lipinski definition) is 4. The van der Waals surface area contributed by atoms with Crippen molar-refractivity contribution >= 4 is 5.96 Å². The van der Waals surface area contributed by atoms with Crippen molar-refractivity contribution in [2.24, 2.45) is 4.99 Å². The Kier molecular flexibility index (Phi) is 8.43. The zero-order chi connectivity index (χ0) is 21.4. The van der Waals surface area contributed by atoms with E-state index in [4.69, 9.17) is 9.47 Å². The fourth-order valence-corrected chi connectivity index (χ4v) is 3.39. The van der Waals surface area contributed by atoms with Gasteiger partial charge in [-0.15, -0.1) is 0 Å². The van der Waals surface area contributed by atoms with E-state index in [1.807, 2.05) is 23.1 Å². The van der Waals surface area contributed by atoms with Crippen LogP contribution in [-0.2, 0) is 6.42 Å². The molecule has 6 nitrogen and oxygen atoms in total. The first kappa shape index (κ1) is 23.1. The summed E-state index contributed by atoms with van der Waals surface area (Å²) in [5, 5.41) is 3.31. The quantitative estimate of drug-likeness (QED) is 0.421. The highest BCUT2D eigenvalue weighted by atomic mass is 19.4. The minimum Gasteiger partial charge on any atom is -0.493 e. The second-order valence-corrected chi connectivity index (χ2v) is 7.01. The van der Waals surface area contributed by atoms with E-state index >= 15 is 0 Å². The van der Waals surface area contributed by atoms with Crippen molar-refractivity contribution in [2.75, 3.05) is 54.0 Å². The summed E-state index contributed by atoms with van der Waals surface area (Å²) in [5.41, 5.74) is 1.15. The lowest BCUT2D eigenvalue weighted by Gasteiger charge is -2.39. The fourth-order valence-electron chi connectivity index (χ4n) is 3.39. The molecule has 1 aliphatic heterocycles. The summed E-state index contributed by atoms with van der Waals surface area (Å²) < 4.78 is 49.2. The number of nitrogens with one attached hydrogen (secondary N) is 1. The van der Waals surface area contributed by atoms with Crippen molar-refractivity contribution in [3.05, 3.63) is 23.8 Å². The van der Waals surface area contributed by atoms with E-state index < -0.39 is 12.2 Å². The standard InChI is InChI=1S/C20H31F3N4O2/c1-15(20(21,22)23)26-10-12-27(13-11-26)19(24-2)25-9-5-6-16-7-8-17(28-3)18(14-16)29-4/h7-8,14-15H,5-6,9-13H2,1-4H3,(H,24,25). The average Bonchev–Trinajstić information content (AvgIpc) is 2.72. The van der Waals surface area contributed by atoms with Crippen LogP contribution in [0.25, 0.3) is 0 Å². The van der Waals surface area contributed by atoms with Crippen LogP contribution in [0.15, 0.2) is 23.2 Å². The summed E-state index contributed by atoms with van der Waals surface area (Å²) in [4.78, 5) is 7.76. The van der Waals surface area contributed by atoms with Crippen molar-refractivity contribution in [1.29, 1.82) is 0 Å². The van der Waals surface area contributed by atoms with Gasteiger partial charge in [0, 0.05) is 39.8 Å². The van der Waals surface area contributed by atoms with Gasteiger partial charge in [0.25, 0.3) is 0 Å². The number of ether oxygens (including phenoxy) is 2. The van der Waals surface area contributed by atoms with Gasteiger partial charge in [-0.2, -0.15) is 13.2 Å². The van der Waals surface area contributed by atoms with Gasteiger partial charge in [-0.25, -0.2) is 0 Å². The predicted octanol–water partition coefficient (Wildman–Crippen LogP) is 2.78. The van der Waals surface area contributed by atoms with Gasteiger partial charge in [-0.3, -0.25) is 9.89 Å². The van der Waals surface area contributed by atoms with Crippen LogP contribution in [0.3, 0.4) is 0 Å². The van der Waals surface area contributed by atoms with Gasteiger partial charge in [0.1, 0.15) is 6.04 Å². The average molecular weight is 416 g/mol. The molecule has 0 saturated carbocycles. The Hall–Kier alpha value is -2.16. The summed E-state index contributed by atoms with van der Waals surface area (Å²) >= 11 is 0. The van der Waals surface area contributed by atoms with Gasteiger partial charge in [-0.1, -0.05) is 6.07 Å². The number of rotatable bonds is 7. The molecule has 0 bridgehead atoms. The maximum absolute atomic E-state index is 12.9. The Balaban J connectivity index is 1.77. The van der Waals surface area contributed by atoms with Crippen molar-refractivity contribution in [2.45, 2.75) is 32.0 Å². The molecule has 1 fully saturated rings. The molecule has 0 aromatic heterocycles. The van der Waals surface area contributed by atoms with Gasteiger partial charge in [-0.05, 0) is 37.5 Å². The van der Waals surface area contributed by atoms with Crippen LogP contribution < -0.4 is 14.8 Å². The molecule has 0 aliphatic carbocycles. The first-order valence-electron chi connectivity index (χ1n) is 9.77. The molecule has 164 valence electrons. The molecule has 1 atom stereocenters. The highest BCUT2D eigenvalue weighted by molar-refractivity contribution is 5.80. The molecule has 1 saturated heterocycles. The Morgan fingerprint density at radius 2 is 1.79 bits per heavy atom. The summed E-state index contributed by atoms with van der Waals surface area (Å²) in [7, 11) is 4.92. The largest absolute Gasteiger partial charge is 0.493 e. The lowest BCUT2D eigenvalue weighted by Crippen LogP contribution is -2.56. The normalized spacial score (nSPS) is 17.2. The SMILES string of the molecule is CN=C(NCCCc1ccc(OC)c(OC)c1)N1CCN(C(C)C(F)(F)F)CC1. The molecule has 1 N–H and O–H groups in total. The Bertz CT molecular complexity index is 674. The van der Waals surface area contributed by atoms with E-state index in [0.29, 0.717) is 37.7 Å². The monoisotopic (exact) mass is 416 g/mol. The maximum Gasteiger partial charge on any atom is 0.403 e. The molecule has 2 rings (SSSR count). The van der Waals surface area contributed by atoms with E-state index in [0.717, 1.165) is 30.9 Å². The summed E-state index contributed by atoms with van der Waals surface area (Å²) in [6, 6.07) is 4.45. The predicted molar refractivity (Wildman–Crippen MR) is 108 cm³/mol. The highest BCUT2D eigenvalue weighted by Gasteiger charge is 2.41.